The Hall–Kier alpha value is -3.86. The minimum Gasteiger partial charge on any atom is -0.326 e. The van der Waals surface area contributed by atoms with Gasteiger partial charge in [0.05, 0.1) is 28.6 Å². The molecule has 0 N–H and O–H groups in total. The lowest BCUT2D eigenvalue weighted by molar-refractivity contribution is 0.623. The molecule has 0 fully saturated rings. The van der Waals surface area contributed by atoms with Gasteiger partial charge in [-0.2, -0.15) is 0 Å². The van der Waals surface area contributed by atoms with Crippen molar-refractivity contribution in [2.75, 3.05) is 0 Å². The van der Waals surface area contributed by atoms with Gasteiger partial charge in [0.1, 0.15) is 5.82 Å². The summed E-state index contributed by atoms with van der Waals surface area (Å²) in [6.45, 7) is 12.1. The van der Waals surface area contributed by atoms with Gasteiger partial charge in [-0.25, -0.2) is 9.78 Å². The molecule has 0 aliphatic rings. The number of para-hydroxylation sites is 4. The fraction of sp³-hybridized carbons (Fsp3) is 0.241. The maximum atomic E-state index is 13.2. The number of aryl methyl sites for hydroxylation is 2. The summed E-state index contributed by atoms with van der Waals surface area (Å²) in [6.07, 6.45) is 0.809. The fourth-order valence-electron chi connectivity index (χ4n) is 4.43. The quantitative estimate of drug-likeness (QED) is 0.289. The first-order valence-electron chi connectivity index (χ1n) is 12.0. The van der Waals surface area contributed by atoms with E-state index in [1.54, 1.807) is 0 Å². The Labute approximate surface area is 200 Å². The van der Waals surface area contributed by atoms with Crippen LogP contribution in [0.2, 0.25) is 0 Å². The zero-order valence-electron chi connectivity index (χ0n) is 20.2. The third-order valence-electron chi connectivity index (χ3n) is 6.09. The van der Waals surface area contributed by atoms with Gasteiger partial charge in [-0.1, -0.05) is 75.0 Å². The van der Waals surface area contributed by atoms with E-state index < -0.39 is 0 Å². The number of imidazole rings is 2. The van der Waals surface area contributed by atoms with E-state index in [1.165, 1.54) is 0 Å². The third kappa shape index (κ3) is 4.34. The monoisotopic (exact) mass is 452 g/mol. The van der Waals surface area contributed by atoms with E-state index in [0.29, 0.717) is 13.1 Å². The summed E-state index contributed by atoms with van der Waals surface area (Å²) in [4.78, 5) is 18.1. The Morgan fingerprint density at radius 3 is 2.06 bits per heavy atom. The number of benzene rings is 3. The summed E-state index contributed by atoms with van der Waals surface area (Å²) in [7, 11) is 0. The summed E-state index contributed by atoms with van der Waals surface area (Å²) in [6, 6.07) is 26.4. The van der Waals surface area contributed by atoms with Crippen LogP contribution < -0.4 is 5.69 Å². The van der Waals surface area contributed by atoms with Gasteiger partial charge in [0.2, 0.25) is 0 Å². The maximum Gasteiger partial charge on any atom is 0.329 e. The van der Waals surface area contributed by atoms with Crippen LogP contribution in [0.5, 0.6) is 0 Å². The largest absolute Gasteiger partial charge is 0.329 e. The van der Waals surface area contributed by atoms with Crippen LogP contribution in [0.15, 0.2) is 90.2 Å². The van der Waals surface area contributed by atoms with Crippen LogP contribution in [0.3, 0.4) is 0 Å². The summed E-state index contributed by atoms with van der Waals surface area (Å²) >= 11 is 0. The lowest BCUT2D eigenvalue weighted by Gasteiger charge is -2.12. The molecule has 0 aliphatic carbocycles. The first kappa shape index (κ1) is 23.3. The highest BCUT2D eigenvalue weighted by Crippen LogP contribution is 2.22. The smallest absolute Gasteiger partial charge is 0.326 e. The first-order chi connectivity index (χ1) is 16.7. The van der Waals surface area contributed by atoms with Gasteiger partial charge in [-0.3, -0.25) is 9.13 Å². The molecule has 0 saturated heterocycles. The Balaban J connectivity index is 0.00000133. The number of allylic oxidation sites excluding steroid dienone is 1. The highest BCUT2D eigenvalue weighted by atomic mass is 16.1. The molecule has 5 heteroatoms. The van der Waals surface area contributed by atoms with E-state index >= 15 is 0 Å². The van der Waals surface area contributed by atoms with Crippen molar-refractivity contribution in [3.63, 3.8) is 0 Å². The van der Waals surface area contributed by atoms with E-state index in [9.17, 15) is 4.79 Å². The molecule has 5 rings (SSSR count). The normalized spacial score (nSPS) is 10.9. The number of nitrogens with zero attached hydrogens (tertiary/aromatic N) is 4. The van der Waals surface area contributed by atoms with Crippen molar-refractivity contribution in [3.05, 3.63) is 107 Å². The van der Waals surface area contributed by atoms with Crippen molar-refractivity contribution in [1.82, 2.24) is 18.7 Å². The van der Waals surface area contributed by atoms with E-state index in [4.69, 9.17) is 4.98 Å². The molecule has 0 saturated carbocycles. The molecule has 2 aromatic heterocycles. The van der Waals surface area contributed by atoms with Gasteiger partial charge in [-0.05, 0) is 48.7 Å². The van der Waals surface area contributed by atoms with Gasteiger partial charge in [0, 0.05) is 13.1 Å². The fourth-order valence-corrected chi connectivity index (χ4v) is 4.43. The maximum absolute atomic E-state index is 13.2. The Morgan fingerprint density at radius 1 is 0.794 bits per heavy atom. The molecule has 0 aliphatic heterocycles. The molecule has 3 aromatic carbocycles. The van der Waals surface area contributed by atoms with Gasteiger partial charge in [0.25, 0.3) is 0 Å². The molecular formula is C29H32N4O. The van der Waals surface area contributed by atoms with Crippen LogP contribution in [-0.2, 0) is 19.6 Å². The number of hydrogen-bond donors (Lipinski definition) is 0. The summed E-state index contributed by atoms with van der Waals surface area (Å²) < 4.78 is 5.89. The molecule has 5 nitrogen and oxygen atoms in total. The predicted molar refractivity (Wildman–Crippen MR) is 142 cm³/mol. The van der Waals surface area contributed by atoms with E-state index in [0.717, 1.165) is 52.0 Å². The van der Waals surface area contributed by atoms with Crippen molar-refractivity contribution in [3.8, 4) is 0 Å². The average Bonchev–Trinajstić information content (AvgIpc) is 3.38. The standard InChI is InChI=1S/C27H26N4O.C2H6/c1-3-29-24-15-9-10-16-25(24)31(27(29)32)19-26-28-22-13-7-8-14-23(22)30(26)18-17-20(2)21-11-5-4-6-12-21;1-2/h4-16H,2-3,17-19H2,1H3;1-2H3. The average molecular weight is 453 g/mol. The molecule has 0 spiro atoms. The SMILES string of the molecule is C=C(CCn1c(Cn2c(=O)n(CC)c3ccccc32)nc2ccccc21)c1ccccc1.CC. The highest BCUT2D eigenvalue weighted by molar-refractivity contribution is 5.77. The van der Waals surface area contributed by atoms with E-state index in [2.05, 4.69) is 29.3 Å². The van der Waals surface area contributed by atoms with Crippen molar-refractivity contribution < 1.29 is 0 Å². The topological polar surface area (TPSA) is 44.8 Å². The van der Waals surface area contributed by atoms with Gasteiger partial charge < -0.3 is 4.57 Å². The third-order valence-corrected chi connectivity index (χ3v) is 6.09. The van der Waals surface area contributed by atoms with Gasteiger partial charge in [-0.15, -0.1) is 0 Å². The van der Waals surface area contributed by atoms with Crippen molar-refractivity contribution in [1.29, 1.82) is 0 Å². The second kappa shape index (κ2) is 10.4. The Kier molecular flexibility index (Phi) is 7.12. The van der Waals surface area contributed by atoms with Crippen LogP contribution in [0.1, 0.15) is 38.6 Å². The number of fused-ring (bicyclic) bond motifs is 2. The van der Waals surface area contributed by atoms with Crippen LogP contribution in [0, 0.1) is 0 Å². The van der Waals surface area contributed by atoms with Crippen molar-refractivity contribution in [2.45, 2.75) is 46.8 Å². The van der Waals surface area contributed by atoms with Crippen molar-refractivity contribution in [2.24, 2.45) is 0 Å². The van der Waals surface area contributed by atoms with Gasteiger partial charge >= 0.3 is 5.69 Å². The number of rotatable bonds is 7. The van der Waals surface area contributed by atoms with Crippen LogP contribution >= 0.6 is 0 Å². The van der Waals surface area contributed by atoms with Crippen LogP contribution in [-0.4, -0.2) is 18.7 Å². The molecule has 0 atom stereocenters. The summed E-state index contributed by atoms with van der Waals surface area (Å²) in [5.74, 6) is 0.883. The molecule has 5 aromatic rings. The van der Waals surface area contributed by atoms with Gasteiger partial charge in [0.15, 0.2) is 0 Å². The van der Waals surface area contributed by atoms with E-state index in [-0.39, 0.29) is 5.69 Å². The molecule has 0 bridgehead atoms. The summed E-state index contributed by atoms with van der Waals surface area (Å²) in [5.41, 5.74) is 6.17. The number of hydrogen-bond acceptors (Lipinski definition) is 2. The molecule has 0 amide bonds. The minimum absolute atomic E-state index is 0.000927. The molecule has 0 unspecified atom stereocenters. The molecular weight excluding hydrogens is 420 g/mol. The zero-order valence-corrected chi connectivity index (χ0v) is 20.2. The lowest BCUT2D eigenvalue weighted by atomic mass is 10.0. The molecule has 2 heterocycles. The van der Waals surface area contributed by atoms with Crippen molar-refractivity contribution >= 4 is 27.6 Å². The second-order valence-corrected chi connectivity index (χ2v) is 7.99. The number of aromatic nitrogens is 4. The van der Waals surface area contributed by atoms with Crippen LogP contribution in [0.25, 0.3) is 27.6 Å². The zero-order chi connectivity index (χ0) is 24.1. The predicted octanol–water partition coefficient (Wildman–Crippen LogP) is 6.35. The Bertz CT molecular complexity index is 1470. The molecule has 174 valence electrons. The van der Waals surface area contributed by atoms with Crippen LogP contribution in [0.4, 0.5) is 0 Å². The first-order valence-corrected chi connectivity index (χ1v) is 12.0. The summed E-state index contributed by atoms with van der Waals surface area (Å²) in [5, 5.41) is 0. The highest BCUT2D eigenvalue weighted by Gasteiger charge is 2.16. The van der Waals surface area contributed by atoms with E-state index in [1.807, 2.05) is 90.6 Å². The molecule has 34 heavy (non-hydrogen) atoms. The lowest BCUT2D eigenvalue weighted by Crippen LogP contribution is -2.25. The second-order valence-electron chi connectivity index (χ2n) is 7.99. The Morgan fingerprint density at radius 2 is 1.38 bits per heavy atom. The minimum atomic E-state index is 0.000927. The molecule has 0 radical (unpaired) electrons.